The minimum atomic E-state index is 0.692. The monoisotopic (exact) mass is 864 g/mol. The van der Waals surface area contributed by atoms with E-state index in [1.54, 1.807) is 22.7 Å². The Morgan fingerprint density at radius 1 is 0.548 bits per heavy atom. The molecule has 0 N–H and O–H groups in total. The Morgan fingerprint density at radius 3 is 1.55 bits per heavy atom. The van der Waals surface area contributed by atoms with Crippen molar-refractivity contribution < 1.29 is 9.47 Å². The summed E-state index contributed by atoms with van der Waals surface area (Å²) in [5.74, 6) is 1.65. The quantitative estimate of drug-likeness (QED) is 0.0824. The van der Waals surface area contributed by atoms with E-state index in [-0.39, 0.29) is 0 Å². The van der Waals surface area contributed by atoms with Crippen LogP contribution in [0.25, 0.3) is 30.9 Å². The summed E-state index contributed by atoms with van der Waals surface area (Å²) in [4.78, 5) is 0. The normalized spacial score (nSPS) is 11.9. The zero-order valence-corrected chi connectivity index (χ0v) is 33.0. The van der Waals surface area contributed by atoms with Crippen molar-refractivity contribution in [3.8, 4) is 11.5 Å². The Hall–Kier alpha value is 0.140. The van der Waals surface area contributed by atoms with Crippen molar-refractivity contribution in [3.63, 3.8) is 0 Å². The van der Waals surface area contributed by atoms with Crippen molar-refractivity contribution >= 4 is 117 Å². The Labute approximate surface area is 294 Å². The molecular formula is C34H44Br4O2S2. The molecule has 0 fully saturated rings. The second kappa shape index (κ2) is 18.3. The molecule has 2 aromatic carbocycles. The number of hydrogen-bond donors (Lipinski definition) is 0. The fourth-order valence-corrected chi connectivity index (χ4v) is 10.5. The highest BCUT2D eigenvalue weighted by Crippen LogP contribution is 2.56. The summed E-state index contributed by atoms with van der Waals surface area (Å²) in [7, 11) is 0. The molecule has 0 saturated heterocycles. The Morgan fingerprint density at radius 2 is 1.02 bits per heavy atom. The third-order valence-corrected chi connectivity index (χ3v) is 14.0. The van der Waals surface area contributed by atoms with Gasteiger partial charge in [0.2, 0.25) is 0 Å². The SMILES string of the molecule is CCCCCCCCCCOc1c(OCCCCCCCCCC)c(Br)c2c(c1Br)c1ccsc1c1sc(Br)c(Br)c12. The molecular weight excluding hydrogens is 824 g/mol. The van der Waals surface area contributed by atoms with Gasteiger partial charge in [0.05, 0.1) is 39.8 Å². The number of rotatable bonds is 20. The number of unbranched alkanes of at least 4 members (excludes halogenated alkanes) is 14. The largest absolute Gasteiger partial charge is 0.488 e. The molecule has 0 radical (unpaired) electrons. The van der Waals surface area contributed by atoms with Crippen LogP contribution in [0.5, 0.6) is 11.5 Å². The van der Waals surface area contributed by atoms with Gasteiger partial charge in [-0.25, -0.2) is 0 Å². The maximum atomic E-state index is 6.60. The molecule has 0 spiro atoms. The number of ether oxygens (including phenoxy) is 2. The zero-order valence-electron chi connectivity index (χ0n) is 25.0. The number of benzene rings is 2. The van der Waals surface area contributed by atoms with Gasteiger partial charge in [0, 0.05) is 21.5 Å². The number of hydrogen-bond acceptors (Lipinski definition) is 4. The maximum Gasteiger partial charge on any atom is 0.177 e. The lowest BCUT2D eigenvalue weighted by Crippen LogP contribution is -2.05. The molecule has 0 aliphatic rings. The molecule has 0 aliphatic carbocycles. The summed E-state index contributed by atoms with van der Waals surface area (Å²) in [6.45, 7) is 5.94. The molecule has 4 rings (SSSR count). The second-order valence-corrected chi connectivity index (χ2v) is 16.9. The summed E-state index contributed by atoms with van der Waals surface area (Å²) in [6.07, 6.45) is 20.5. The highest BCUT2D eigenvalue weighted by molar-refractivity contribution is 9.13. The Bertz CT molecular complexity index is 1430. The highest BCUT2D eigenvalue weighted by atomic mass is 79.9. The lowest BCUT2D eigenvalue weighted by atomic mass is 10.0. The van der Waals surface area contributed by atoms with Gasteiger partial charge >= 0.3 is 0 Å². The lowest BCUT2D eigenvalue weighted by Gasteiger charge is -2.20. The molecule has 2 heterocycles. The topological polar surface area (TPSA) is 18.5 Å². The molecule has 4 aromatic rings. The van der Waals surface area contributed by atoms with Crippen molar-refractivity contribution in [1.29, 1.82) is 0 Å². The lowest BCUT2D eigenvalue weighted by molar-refractivity contribution is 0.256. The summed E-state index contributed by atoms with van der Waals surface area (Å²) in [6, 6.07) is 2.24. The first-order chi connectivity index (χ1) is 20.5. The molecule has 232 valence electrons. The fraction of sp³-hybridized carbons (Fsp3) is 0.588. The smallest absolute Gasteiger partial charge is 0.177 e. The van der Waals surface area contributed by atoms with Crippen LogP contribution < -0.4 is 9.47 Å². The van der Waals surface area contributed by atoms with Crippen LogP contribution in [-0.2, 0) is 0 Å². The van der Waals surface area contributed by atoms with Gasteiger partial charge < -0.3 is 9.47 Å². The molecule has 42 heavy (non-hydrogen) atoms. The molecule has 0 bridgehead atoms. The van der Waals surface area contributed by atoms with E-state index in [0.29, 0.717) is 13.2 Å². The number of thiophene rings is 2. The van der Waals surface area contributed by atoms with E-state index in [0.717, 1.165) is 41.5 Å². The van der Waals surface area contributed by atoms with E-state index in [2.05, 4.69) is 89.0 Å². The van der Waals surface area contributed by atoms with Gasteiger partial charge in [0.25, 0.3) is 0 Å². The van der Waals surface area contributed by atoms with E-state index in [9.17, 15) is 0 Å². The fourth-order valence-electron chi connectivity index (χ4n) is 5.66. The van der Waals surface area contributed by atoms with E-state index < -0.39 is 0 Å². The number of fused-ring (bicyclic) bond motifs is 6. The van der Waals surface area contributed by atoms with Crippen molar-refractivity contribution in [3.05, 3.63) is 28.7 Å². The van der Waals surface area contributed by atoms with E-state index in [1.807, 2.05) is 0 Å². The molecule has 2 nitrogen and oxygen atoms in total. The van der Waals surface area contributed by atoms with Crippen LogP contribution in [0.4, 0.5) is 0 Å². The summed E-state index contributed by atoms with van der Waals surface area (Å²) < 4.78 is 20.0. The van der Waals surface area contributed by atoms with E-state index >= 15 is 0 Å². The Balaban J connectivity index is 1.57. The van der Waals surface area contributed by atoms with Gasteiger partial charge in [0.1, 0.15) is 0 Å². The van der Waals surface area contributed by atoms with Crippen molar-refractivity contribution in [1.82, 2.24) is 0 Å². The van der Waals surface area contributed by atoms with Crippen LogP contribution in [-0.4, -0.2) is 13.2 Å². The second-order valence-electron chi connectivity index (χ2n) is 11.2. The van der Waals surface area contributed by atoms with Crippen molar-refractivity contribution in [2.45, 2.75) is 117 Å². The molecule has 0 amide bonds. The minimum Gasteiger partial charge on any atom is -0.488 e. The van der Waals surface area contributed by atoms with Crippen LogP contribution in [0.2, 0.25) is 0 Å². The molecule has 8 heteroatoms. The Kier molecular flexibility index (Phi) is 15.3. The molecule has 0 saturated carbocycles. The third kappa shape index (κ3) is 8.69. The highest BCUT2D eigenvalue weighted by Gasteiger charge is 2.26. The average molecular weight is 868 g/mol. The molecule has 0 unspecified atom stereocenters. The summed E-state index contributed by atoms with van der Waals surface area (Å²) >= 11 is 19.3. The predicted octanol–water partition coefficient (Wildman–Crippen LogP) is 15.4. The molecule has 0 aliphatic heterocycles. The van der Waals surface area contributed by atoms with Crippen LogP contribution in [0.15, 0.2) is 28.7 Å². The van der Waals surface area contributed by atoms with E-state index in [4.69, 9.17) is 9.47 Å². The summed E-state index contributed by atoms with van der Waals surface area (Å²) in [5, 5.41) is 7.02. The molecule has 0 atom stereocenters. The number of halogens is 4. The predicted molar refractivity (Wildman–Crippen MR) is 202 cm³/mol. The summed E-state index contributed by atoms with van der Waals surface area (Å²) in [5.41, 5.74) is 0. The van der Waals surface area contributed by atoms with E-state index in [1.165, 1.54) is 121 Å². The molecule has 2 aromatic heterocycles. The van der Waals surface area contributed by atoms with Gasteiger partial charge in [-0.1, -0.05) is 104 Å². The van der Waals surface area contributed by atoms with Crippen LogP contribution in [0.3, 0.4) is 0 Å². The zero-order chi connectivity index (χ0) is 29.9. The van der Waals surface area contributed by atoms with Crippen LogP contribution >= 0.6 is 86.4 Å². The van der Waals surface area contributed by atoms with Gasteiger partial charge in [-0.3, -0.25) is 0 Å². The maximum absolute atomic E-state index is 6.60. The first kappa shape index (κ1) is 35.0. The van der Waals surface area contributed by atoms with Gasteiger partial charge in [-0.15, -0.1) is 22.7 Å². The average Bonchev–Trinajstić information content (AvgIpc) is 3.58. The van der Waals surface area contributed by atoms with Gasteiger partial charge in [-0.2, -0.15) is 0 Å². The van der Waals surface area contributed by atoms with Crippen molar-refractivity contribution in [2.75, 3.05) is 13.2 Å². The van der Waals surface area contributed by atoms with Crippen molar-refractivity contribution in [2.24, 2.45) is 0 Å². The van der Waals surface area contributed by atoms with Crippen LogP contribution in [0.1, 0.15) is 117 Å². The van der Waals surface area contributed by atoms with Crippen LogP contribution in [0, 0.1) is 0 Å². The standard InChI is InChI=1S/C34H44Br4O2S2/c1-3-5-7-9-11-13-15-17-20-39-30-27(35)24-23-19-22-41-32(23)33-26(29(37)34(38)42-33)25(24)28(36)31(30)40-21-18-16-14-12-10-8-6-4-2/h19,22H,3-18,20-21H2,1-2H3. The first-order valence-electron chi connectivity index (χ1n) is 15.9. The van der Waals surface area contributed by atoms with Gasteiger partial charge in [-0.05, 0) is 88.0 Å². The first-order valence-corrected chi connectivity index (χ1v) is 20.7. The minimum absolute atomic E-state index is 0.692. The third-order valence-electron chi connectivity index (χ3n) is 7.98. The van der Waals surface area contributed by atoms with Gasteiger partial charge in [0.15, 0.2) is 11.5 Å².